The number of hydrogen-bond acceptors (Lipinski definition) is 5. The summed E-state index contributed by atoms with van der Waals surface area (Å²) in [6.45, 7) is 0. The Morgan fingerprint density at radius 2 is 2.33 bits per heavy atom. The molecule has 0 N–H and O–H groups in total. The van der Waals surface area contributed by atoms with Gasteiger partial charge in [0.2, 0.25) is 5.76 Å². The van der Waals surface area contributed by atoms with E-state index in [1.54, 1.807) is 12.1 Å². The van der Waals surface area contributed by atoms with Crippen LogP contribution in [-0.4, -0.2) is 18.1 Å². The van der Waals surface area contributed by atoms with E-state index in [2.05, 4.69) is 9.72 Å². The van der Waals surface area contributed by atoms with Gasteiger partial charge in [-0.15, -0.1) is 0 Å². The molecule has 2 heterocycles. The molecule has 0 radical (unpaired) electrons. The first-order valence-corrected chi connectivity index (χ1v) is 4.19. The number of ether oxygens (including phenoxy) is 1. The summed E-state index contributed by atoms with van der Waals surface area (Å²) in [5.41, 5.74) is -0.446. The van der Waals surface area contributed by atoms with E-state index in [1.165, 1.54) is 19.4 Å². The number of hydrogen-bond donors (Lipinski definition) is 0. The summed E-state index contributed by atoms with van der Waals surface area (Å²) >= 11 is 0. The third-order valence-corrected chi connectivity index (χ3v) is 1.91. The average Bonchev–Trinajstić information content (AvgIpc) is 2.28. The second-order valence-corrected chi connectivity index (χ2v) is 2.83. The Morgan fingerprint density at radius 3 is 3.07 bits per heavy atom. The third kappa shape index (κ3) is 1.59. The summed E-state index contributed by atoms with van der Waals surface area (Å²) in [4.78, 5) is 26.4. The van der Waals surface area contributed by atoms with E-state index >= 15 is 0 Å². The van der Waals surface area contributed by atoms with Crippen molar-refractivity contribution in [1.29, 1.82) is 0 Å². The number of nitrogens with zero attached hydrogens (tertiary/aromatic N) is 1. The molecule has 0 atom stereocenters. The van der Waals surface area contributed by atoms with Crippen LogP contribution in [0, 0.1) is 0 Å². The first kappa shape index (κ1) is 9.39. The van der Waals surface area contributed by atoms with Crippen molar-refractivity contribution in [2.75, 3.05) is 7.11 Å². The summed E-state index contributed by atoms with van der Waals surface area (Å²) in [5, 5.41) is 0.550. The highest BCUT2D eigenvalue weighted by Gasteiger charge is 2.12. The van der Waals surface area contributed by atoms with Crippen molar-refractivity contribution >= 4 is 16.9 Å². The van der Waals surface area contributed by atoms with Crippen LogP contribution in [0.3, 0.4) is 0 Å². The van der Waals surface area contributed by atoms with E-state index in [0.717, 1.165) is 0 Å². The fraction of sp³-hybridized carbons (Fsp3) is 0.100. The smallest absolute Gasteiger partial charge is 0.374 e. The molecule has 5 nitrogen and oxygen atoms in total. The first-order valence-electron chi connectivity index (χ1n) is 4.19. The molecule has 0 aliphatic carbocycles. The van der Waals surface area contributed by atoms with Crippen LogP contribution in [0.2, 0.25) is 0 Å². The van der Waals surface area contributed by atoms with Gasteiger partial charge in [0.05, 0.1) is 7.11 Å². The van der Waals surface area contributed by atoms with Crippen LogP contribution < -0.4 is 5.63 Å². The zero-order valence-corrected chi connectivity index (χ0v) is 7.89. The van der Waals surface area contributed by atoms with Crippen LogP contribution in [0.25, 0.3) is 10.9 Å². The first-order chi connectivity index (χ1) is 7.22. The number of carbonyl (C=O) groups excluding carboxylic acids is 1. The Hall–Kier alpha value is -2.17. The standard InChI is InChI=1S/C10H7NO4/c1-14-9(12)7-5-6-3-2-4-11-8(6)10(13)15-7/h2-5H,1H3. The predicted octanol–water partition coefficient (Wildman–Crippen LogP) is 0.975. The number of methoxy groups -OCH3 is 1. The lowest BCUT2D eigenvalue weighted by molar-refractivity contribution is 0.0560. The molecule has 0 saturated heterocycles. The monoisotopic (exact) mass is 205 g/mol. The molecular weight excluding hydrogens is 198 g/mol. The molecule has 2 rings (SSSR count). The van der Waals surface area contributed by atoms with E-state index in [-0.39, 0.29) is 11.3 Å². The van der Waals surface area contributed by atoms with Gasteiger partial charge in [0, 0.05) is 11.6 Å². The predicted molar refractivity (Wildman–Crippen MR) is 51.6 cm³/mol. The molecule has 0 saturated carbocycles. The van der Waals surface area contributed by atoms with Crippen LogP contribution in [0.15, 0.2) is 33.6 Å². The molecular formula is C10H7NO4. The highest BCUT2D eigenvalue weighted by molar-refractivity contribution is 5.90. The average molecular weight is 205 g/mol. The Morgan fingerprint density at radius 1 is 1.53 bits per heavy atom. The molecule has 0 aliphatic heterocycles. The number of aromatic nitrogens is 1. The van der Waals surface area contributed by atoms with Gasteiger partial charge in [-0.2, -0.15) is 0 Å². The van der Waals surface area contributed by atoms with E-state index in [4.69, 9.17) is 4.42 Å². The van der Waals surface area contributed by atoms with Gasteiger partial charge in [-0.25, -0.2) is 14.6 Å². The maximum atomic E-state index is 11.4. The van der Waals surface area contributed by atoms with Crippen molar-refractivity contribution < 1.29 is 13.9 Å². The lowest BCUT2D eigenvalue weighted by Crippen LogP contribution is -2.09. The van der Waals surface area contributed by atoms with Crippen LogP contribution in [0.1, 0.15) is 10.6 Å². The molecule has 2 aromatic rings. The number of rotatable bonds is 1. The van der Waals surface area contributed by atoms with Gasteiger partial charge >= 0.3 is 11.6 Å². The Bertz CT molecular complexity index is 573. The van der Waals surface area contributed by atoms with E-state index in [9.17, 15) is 9.59 Å². The van der Waals surface area contributed by atoms with Crippen LogP contribution in [-0.2, 0) is 4.74 Å². The molecule has 5 heteroatoms. The highest BCUT2D eigenvalue weighted by atomic mass is 16.5. The molecule has 0 bridgehead atoms. The molecule has 0 aliphatic rings. The molecule has 0 spiro atoms. The summed E-state index contributed by atoms with van der Waals surface area (Å²) in [5.74, 6) is -0.805. The minimum atomic E-state index is -0.683. The summed E-state index contributed by atoms with van der Waals surface area (Å²) in [7, 11) is 1.22. The number of pyridine rings is 1. The van der Waals surface area contributed by atoms with Gasteiger partial charge in [0.15, 0.2) is 5.52 Å². The van der Waals surface area contributed by atoms with Crippen molar-refractivity contribution in [1.82, 2.24) is 4.98 Å². The second-order valence-electron chi connectivity index (χ2n) is 2.83. The van der Waals surface area contributed by atoms with Gasteiger partial charge in [-0.05, 0) is 12.1 Å². The van der Waals surface area contributed by atoms with Crippen LogP contribution in [0.5, 0.6) is 0 Å². The van der Waals surface area contributed by atoms with Crippen molar-refractivity contribution in [3.63, 3.8) is 0 Å². The normalized spacial score (nSPS) is 10.2. The topological polar surface area (TPSA) is 69.4 Å². The molecule has 2 aromatic heterocycles. The van der Waals surface area contributed by atoms with Gasteiger partial charge in [-0.3, -0.25) is 0 Å². The van der Waals surface area contributed by atoms with Gasteiger partial charge < -0.3 is 9.15 Å². The van der Waals surface area contributed by atoms with E-state index < -0.39 is 11.6 Å². The highest BCUT2D eigenvalue weighted by Crippen LogP contribution is 2.09. The quantitative estimate of drug-likeness (QED) is 0.649. The van der Waals surface area contributed by atoms with Crippen molar-refractivity contribution in [3.8, 4) is 0 Å². The fourth-order valence-electron chi connectivity index (χ4n) is 1.22. The summed E-state index contributed by atoms with van der Waals surface area (Å²) in [6, 6.07) is 4.77. The summed E-state index contributed by atoms with van der Waals surface area (Å²) < 4.78 is 9.20. The lowest BCUT2D eigenvalue weighted by atomic mass is 10.2. The minimum absolute atomic E-state index is 0.122. The van der Waals surface area contributed by atoms with Crippen LogP contribution in [0.4, 0.5) is 0 Å². The van der Waals surface area contributed by atoms with Gasteiger partial charge in [0.1, 0.15) is 0 Å². The van der Waals surface area contributed by atoms with Gasteiger partial charge in [-0.1, -0.05) is 6.07 Å². The molecule has 15 heavy (non-hydrogen) atoms. The molecule has 0 fully saturated rings. The number of esters is 1. The second kappa shape index (κ2) is 3.53. The van der Waals surface area contributed by atoms with Crippen molar-refractivity contribution in [3.05, 3.63) is 40.6 Å². The van der Waals surface area contributed by atoms with E-state index in [1.807, 2.05) is 0 Å². The van der Waals surface area contributed by atoms with Crippen molar-refractivity contribution in [2.24, 2.45) is 0 Å². The molecule has 0 amide bonds. The minimum Gasteiger partial charge on any atom is -0.463 e. The summed E-state index contributed by atoms with van der Waals surface area (Å²) in [6.07, 6.45) is 1.48. The Kier molecular flexibility index (Phi) is 2.21. The SMILES string of the molecule is COC(=O)c1cc2cccnc2c(=O)o1. The molecule has 0 aromatic carbocycles. The van der Waals surface area contributed by atoms with Crippen LogP contribution >= 0.6 is 0 Å². The zero-order chi connectivity index (χ0) is 10.8. The fourth-order valence-corrected chi connectivity index (χ4v) is 1.22. The largest absolute Gasteiger partial charge is 0.463 e. The lowest BCUT2D eigenvalue weighted by Gasteiger charge is -1.98. The van der Waals surface area contributed by atoms with Crippen molar-refractivity contribution in [2.45, 2.75) is 0 Å². The van der Waals surface area contributed by atoms with E-state index in [0.29, 0.717) is 5.39 Å². The Balaban J connectivity index is 2.73. The molecule has 76 valence electrons. The number of fused-ring (bicyclic) bond motifs is 1. The maximum Gasteiger partial charge on any atom is 0.374 e. The zero-order valence-electron chi connectivity index (χ0n) is 7.89. The third-order valence-electron chi connectivity index (χ3n) is 1.91. The maximum absolute atomic E-state index is 11.4. The number of carbonyl (C=O) groups is 1. The Labute approximate surface area is 84.3 Å². The molecule has 0 unspecified atom stereocenters. The van der Waals surface area contributed by atoms with Gasteiger partial charge in [0.25, 0.3) is 0 Å².